The van der Waals surface area contributed by atoms with Gasteiger partial charge in [0, 0.05) is 38.3 Å². The van der Waals surface area contributed by atoms with Gasteiger partial charge in [0.15, 0.2) is 6.04 Å². The molecule has 0 spiro atoms. The molecule has 0 N–H and O–H groups in total. The SMILES string of the molecule is [C-]#[N+]C([C-]=O)c1ccccc1.[Y]. The molecule has 1 atom stereocenters. The first kappa shape index (κ1) is 11.5. The summed E-state index contributed by atoms with van der Waals surface area (Å²) in [6.07, 6.45) is 1.66. The molecule has 0 fully saturated rings. The average molecular weight is 233 g/mol. The van der Waals surface area contributed by atoms with Gasteiger partial charge in [-0.05, 0) is 0 Å². The third-order valence-electron chi connectivity index (χ3n) is 1.36. The molecule has 1 rings (SSSR count). The van der Waals surface area contributed by atoms with Crippen molar-refractivity contribution in [3.63, 3.8) is 0 Å². The normalized spacial score (nSPS) is 10.6. The predicted molar refractivity (Wildman–Crippen MR) is 41.5 cm³/mol. The summed E-state index contributed by atoms with van der Waals surface area (Å²) in [6, 6.07) is 8.17. The van der Waals surface area contributed by atoms with Crippen molar-refractivity contribution in [3.05, 3.63) is 47.3 Å². The van der Waals surface area contributed by atoms with Crippen LogP contribution in [-0.2, 0) is 37.5 Å². The first-order valence-electron chi connectivity index (χ1n) is 3.17. The van der Waals surface area contributed by atoms with Crippen molar-refractivity contribution < 1.29 is 37.5 Å². The van der Waals surface area contributed by atoms with Crippen molar-refractivity contribution in [2.45, 2.75) is 6.04 Å². The van der Waals surface area contributed by atoms with Gasteiger partial charge in [-0.1, -0.05) is 30.3 Å². The average Bonchev–Trinajstić information content (AvgIpc) is 2.09. The number of rotatable bonds is 2. The minimum atomic E-state index is -0.754. The molecule has 57 valence electrons. The Bertz CT molecular complexity index is 278. The van der Waals surface area contributed by atoms with Crippen LogP contribution in [0.3, 0.4) is 0 Å². The second kappa shape index (κ2) is 6.05. The standard InChI is InChI=1S/C9H6NO.Y/c1-10-9(7-11)8-5-3-2-4-6-8;/h2-6,9H;/q-1;. The van der Waals surface area contributed by atoms with Gasteiger partial charge < -0.3 is 9.64 Å². The van der Waals surface area contributed by atoms with E-state index in [1.165, 1.54) is 0 Å². The van der Waals surface area contributed by atoms with Gasteiger partial charge in [0.2, 0.25) is 0 Å². The molecule has 0 aliphatic rings. The zero-order valence-electron chi connectivity index (χ0n) is 6.40. The van der Waals surface area contributed by atoms with Crippen LogP contribution in [0.25, 0.3) is 4.85 Å². The number of benzene rings is 1. The Balaban J connectivity index is 0.00000121. The van der Waals surface area contributed by atoms with Crippen LogP contribution in [0.15, 0.2) is 30.3 Å². The molecule has 1 aromatic carbocycles. The molecular weight excluding hydrogens is 227 g/mol. The second-order valence-corrected chi connectivity index (χ2v) is 2.06. The van der Waals surface area contributed by atoms with Gasteiger partial charge in [0.25, 0.3) is 0 Å². The van der Waals surface area contributed by atoms with Crippen LogP contribution < -0.4 is 0 Å². The maximum atomic E-state index is 10.2. The molecule has 0 bridgehead atoms. The smallest absolute Gasteiger partial charge is 0.164 e. The Morgan fingerprint density at radius 2 is 1.92 bits per heavy atom. The summed E-state index contributed by atoms with van der Waals surface area (Å²) in [6.45, 7) is 6.66. The van der Waals surface area contributed by atoms with Crippen LogP contribution in [0.5, 0.6) is 0 Å². The van der Waals surface area contributed by atoms with Gasteiger partial charge in [0.05, 0.1) is 0 Å². The third-order valence-corrected chi connectivity index (χ3v) is 1.36. The number of hydrogen-bond acceptors (Lipinski definition) is 1. The fourth-order valence-electron chi connectivity index (χ4n) is 0.804. The summed E-state index contributed by atoms with van der Waals surface area (Å²) in [5, 5.41) is 0. The van der Waals surface area contributed by atoms with Crippen LogP contribution in [0.1, 0.15) is 11.6 Å². The Morgan fingerprint density at radius 3 is 2.33 bits per heavy atom. The van der Waals surface area contributed by atoms with Crippen molar-refractivity contribution in [3.8, 4) is 0 Å². The van der Waals surface area contributed by atoms with Crippen molar-refractivity contribution in [1.82, 2.24) is 0 Å². The Morgan fingerprint density at radius 1 is 1.33 bits per heavy atom. The first-order chi connectivity index (χ1) is 5.38. The van der Waals surface area contributed by atoms with E-state index in [-0.39, 0.29) is 32.7 Å². The van der Waals surface area contributed by atoms with Gasteiger partial charge in [-0.15, -0.1) is 0 Å². The van der Waals surface area contributed by atoms with Crippen LogP contribution in [0.4, 0.5) is 0 Å². The van der Waals surface area contributed by atoms with Crippen LogP contribution in [0.2, 0.25) is 0 Å². The van der Waals surface area contributed by atoms with Crippen molar-refractivity contribution >= 4 is 6.29 Å². The zero-order chi connectivity index (χ0) is 8.10. The van der Waals surface area contributed by atoms with Crippen LogP contribution in [-0.4, -0.2) is 6.29 Å². The molecular formula is C9H6NOY-. The van der Waals surface area contributed by atoms with E-state index in [0.717, 1.165) is 0 Å². The number of carbonyl (C=O) groups excluding carboxylic acids is 1. The van der Waals surface area contributed by atoms with Gasteiger partial charge >= 0.3 is 0 Å². The molecule has 1 radical (unpaired) electrons. The monoisotopic (exact) mass is 233 g/mol. The molecule has 0 saturated heterocycles. The number of nitrogens with zero attached hydrogens (tertiary/aromatic N) is 1. The summed E-state index contributed by atoms with van der Waals surface area (Å²) in [5.74, 6) is 0. The van der Waals surface area contributed by atoms with Gasteiger partial charge in [-0.25, -0.2) is 6.57 Å². The third kappa shape index (κ3) is 2.85. The molecule has 1 aromatic rings. The van der Waals surface area contributed by atoms with Crippen molar-refractivity contribution in [2.24, 2.45) is 0 Å². The molecule has 0 heterocycles. The van der Waals surface area contributed by atoms with E-state index in [0.29, 0.717) is 5.56 Å². The van der Waals surface area contributed by atoms with Gasteiger partial charge in [-0.3, -0.25) is 0 Å². The molecule has 3 heteroatoms. The van der Waals surface area contributed by atoms with Crippen LogP contribution >= 0.6 is 0 Å². The second-order valence-electron chi connectivity index (χ2n) is 2.06. The fourth-order valence-corrected chi connectivity index (χ4v) is 0.804. The first-order valence-corrected chi connectivity index (χ1v) is 3.17. The fraction of sp³-hybridized carbons (Fsp3) is 0.111. The van der Waals surface area contributed by atoms with Crippen molar-refractivity contribution in [1.29, 1.82) is 0 Å². The Hall–Kier alpha value is -0.516. The predicted octanol–water partition coefficient (Wildman–Crippen LogP) is 1.75. The van der Waals surface area contributed by atoms with E-state index in [1.807, 2.05) is 6.07 Å². The van der Waals surface area contributed by atoms with E-state index in [2.05, 4.69) is 4.85 Å². The van der Waals surface area contributed by atoms with E-state index in [9.17, 15) is 4.79 Å². The quantitative estimate of drug-likeness (QED) is 0.713. The Kier molecular flexibility index (Phi) is 5.79. The van der Waals surface area contributed by atoms with E-state index in [4.69, 9.17) is 6.57 Å². The summed E-state index contributed by atoms with van der Waals surface area (Å²) in [4.78, 5) is 13.3. The van der Waals surface area contributed by atoms with E-state index < -0.39 is 6.04 Å². The molecule has 0 saturated carbocycles. The molecule has 1 unspecified atom stereocenters. The van der Waals surface area contributed by atoms with E-state index >= 15 is 0 Å². The van der Waals surface area contributed by atoms with Gasteiger partial charge in [-0.2, -0.15) is 6.29 Å². The minimum absolute atomic E-state index is 0. The molecule has 2 nitrogen and oxygen atoms in total. The topological polar surface area (TPSA) is 21.4 Å². The maximum absolute atomic E-state index is 10.2. The zero-order valence-corrected chi connectivity index (χ0v) is 9.24. The summed E-state index contributed by atoms with van der Waals surface area (Å²) in [7, 11) is 0. The molecule has 12 heavy (non-hydrogen) atoms. The van der Waals surface area contributed by atoms with E-state index in [1.54, 1.807) is 30.6 Å². The molecule has 0 amide bonds. The van der Waals surface area contributed by atoms with Gasteiger partial charge in [0.1, 0.15) is 0 Å². The summed E-state index contributed by atoms with van der Waals surface area (Å²) in [5.41, 5.74) is 0.706. The molecule has 0 aliphatic carbocycles. The van der Waals surface area contributed by atoms with Crippen molar-refractivity contribution in [2.75, 3.05) is 0 Å². The molecule has 0 aliphatic heterocycles. The minimum Gasteiger partial charge on any atom is -0.534 e. The maximum Gasteiger partial charge on any atom is 0.164 e. The Labute approximate surface area is 96.7 Å². The molecule has 0 aromatic heterocycles. The largest absolute Gasteiger partial charge is 0.534 e. The number of hydrogen-bond donors (Lipinski definition) is 0. The summed E-state index contributed by atoms with van der Waals surface area (Å²) < 4.78 is 0. The summed E-state index contributed by atoms with van der Waals surface area (Å²) >= 11 is 0. The van der Waals surface area contributed by atoms with Crippen LogP contribution in [0, 0.1) is 6.57 Å².